The van der Waals surface area contributed by atoms with Crippen molar-refractivity contribution in [2.75, 3.05) is 7.05 Å². The summed E-state index contributed by atoms with van der Waals surface area (Å²) in [5.74, 6) is 0. The number of alkyl halides is 3. The molecule has 0 aliphatic heterocycles. The number of hydrogen-bond acceptors (Lipinski definition) is 2. The summed E-state index contributed by atoms with van der Waals surface area (Å²) in [5, 5.41) is 0. The third-order valence-corrected chi connectivity index (χ3v) is 4.46. The highest BCUT2D eigenvalue weighted by Crippen LogP contribution is 2.42. The molecule has 1 aliphatic carbocycles. The molecule has 0 heterocycles. The molecule has 1 aromatic carbocycles. The molecule has 20 heavy (non-hydrogen) atoms. The fourth-order valence-corrected chi connectivity index (χ4v) is 3.85. The second kappa shape index (κ2) is 5.26. The molecule has 1 unspecified atom stereocenters. The van der Waals surface area contributed by atoms with Crippen molar-refractivity contribution in [2.45, 2.75) is 50.6 Å². The maximum atomic E-state index is 12.7. The normalized spacial score (nSPS) is 19.5. The first kappa shape index (κ1) is 15.7. The van der Waals surface area contributed by atoms with Crippen LogP contribution in [0.15, 0.2) is 18.2 Å². The molecular formula is C15H20F3NS. The largest absolute Gasteiger partial charge is 0.416 e. The van der Waals surface area contributed by atoms with Crippen molar-refractivity contribution in [1.82, 2.24) is 4.31 Å². The van der Waals surface area contributed by atoms with Crippen LogP contribution in [0, 0.1) is 0 Å². The molecule has 1 aliphatic rings. The van der Waals surface area contributed by atoms with E-state index in [0.717, 1.165) is 24.0 Å². The van der Waals surface area contributed by atoms with E-state index in [1.54, 1.807) is 18.0 Å². The molecule has 1 aromatic rings. The van der Waals surface area contributed by atoms with Crippen molar-refractivity contribution in [3.8, 4) is 0 Å². The fourth-order valence-electron chi connectivity index (χ4n) is 2.64. The van der Waals surface area contributed by atoms with Crippen molar-refractivity contribution < 1.29 is 13.2 Å². The average molecular weight is 303 g/mol. The standard InChI is InChI=1S/C15H20F3NS/c1-14(2,3)20-19(4)13-8-5-10-9-11(15(16,17)18)6-7-12(10)13/h6-7,9,13H,5,8H2,1-4H3. The van der Waals surface area contributed by atoms with Crippen LogP contribution in [0.1, 0.15) is 49.9 Å². The monoisotopic (exact) mass is 303 g/mol. The minimum absolute atomic E-state index is 0.101. The lowest BCUT2D eigenvalue weighted by molar-refractivity contribution is -0.137. The van der Waals surface area contributed by atoms with Gasteiger partial charge in [0.1, 0.15) is 0 Å². The highest BCUT2D eigenvalue weighted by molar-refractivity contribution is 7.98. The van der Waals surface area contributed by atoms with Gasteiger partial charge in [-0.15, -0.1) is 0 Å². The van der Waals surface area contributed by atoms with E-state index in [9.17, 15) is 13.2 Å². The molecular weight excluding hydrogens is 283 g/mol. The maximum absolute atomic E-state index is 12.7. The van der Waals surface area contributed by atoms with Crippen molar-refractivity contribution in [3.63, 3.8) is 0 Å². The summed E-state index contributed by atoms with van der Waals surface area (Å²) in [6.07, 6.45) is -2.64. The van der Waals surface area contributed by atoms with Crippen LogP contribution in [0.25, 0.3) is 0 Å². The van der Waals surface area contributed by atoms with E-state index in [1.807, 2.05) is 7.05 Å². The molecule has 1 nitrogen and oxygen atoms in total. The summed E-state index contributed by atoms with van der Waals surface area (Å²) in [6, 6.07) is 4.37. The van der Waals surface area contributed by atoms with E-state index >= 15 is 0 Å². The summed E-state index contributed by atoms with van der Waals surface area (Å²) >= 11 is 1.74. The number of fused-ring (bicyclic) bond motifs is 1. The van der Waals surface area contributed by atoms with E-state index < -0.39 is 11.7 Å². The van der Waals surface area contributed by atoms with Gasteiger partial charge in [0.15, 0.2) is 0 Å². The molecule has 0 bridgehead atoms. The van der Waals surface area contributed by atoms with Gasteiger partial charge in [-0.3, -0.25) is 0 Å². The number of rotatable bonds is 2. The second-order valence-electron chi connectivity index (χ2n) is 6.22. The van der Waals surface area contributed by atoms with Crippen LogP contribution < -0.4 is 0 Å². The minimum atomic E-state index is -4.25. The molecule has 0 radical (unpaired) electrons. The summed E-state index contributed by atoms with van der Waals surface area (Å²) in [5.41, 5.74) is 1.34. The first-order chi connectivity index (χ1) is 9.08. The summed E-state index contributed by atoms with van der Waals surface area (Å²) in [4.78, 5) is 0. The van der Waals surface area contributed by atoms with E-state index in [0.29, 0.717) is 0 Å². The van der Waals surface area contributed by atoms with Gasteiger partial charge in [-0.2, -0.15) is 13.2 Å². The fraction of sp³-hybridized carbons (Fsp3) is 0.600. The Morgan fingerprint density at radius 2 is 1.85 bits per heavy atom. The molecule has 0 spiro atoms. The van der Waals surface area contributed by atoms with Gasteiger partial charge in [0.25, 0.3) is 0 Å². The molecule has 0 N–H and O–H groups in total. The molecule has 0 saturated heterocycles. The lowest BCUT2D eigenvalue weighted by Gasteiger charge is -2.30. The average Bonchev–Trinajstić information content (AvgIpc) is 2.67. The molecule has 0 saturated carbocycles. The van der Waals surface area contributed by atoms with E-state index in [2.05, 4.69) is 25.1 Å². The van der Waals surface area contributed by atoms with Crippen LogP contribution in [0.5, 0.6) is 0 Å². The Morgan fingerprint density at radius 1 is 1.20 bits per heavy atom. The first-order valence-corrected chi connectivity index (χ1v) is 7.47. The number of aryl methyl sites for hydroxylation is 1. The van der Waals surface area contributed by atoms with E-state index in [1.165, 1.54) is 12.1 Å². The van der Waals surface area contributed by atoms with Gasteiger partial charge in [0, 0.05) is 10.8 Å². The van der Waals surface area contributed by atoms with Gasteiger partial charge >= 0.3 is 6.18 Å². The summed E-state index contributed by atoms with van der Waals surface area (Å²) < 4.78 is 40.4. The molecule has 2 rings (SSSR count). The zero-order valence-electron chi connectivity index (χ0n) is 12.2. The Bertz CT molecular complexity index is 491. The van der Waals surface area contributed by atoms with Crippen LogP contribution in [-0.2, 0) is 12.6 Å². The van der Waals surface area contributed by atoms with Gasteiger partial charge in [-0.05, 0) is 63.9 Å². The highest BCUT2D eigenvalue weighted by atomic mass is 32.2. The molecule has 0 amide bonds. The van der Waals surface area contributed by atoms with Gasteiger partial charge in [0.05, 0.1) is 5.56 Å². The Hall–Kier alpha value is -0.680. The molecule has 5 heteroatoms. The highest BCUT2D eigenvalue weighted by Gasteiger charge is 2.34. The summed E-state index contributed by atoms with van der Waals surface area (Å²) in [7, 11) is 2.02. The Kier molecular flexibility index (Phi) is 4.13. The topological polar surface area (TPSA) is 3.24 Å². The van der Waals surface area contributed by atoms with Crippen LogP contribution >= 0.6 is 11.9 Å². The number of benzene rings is 1. The van der Waals surface area contributed by atoms with Crippen molar-refractivity contribution in [3.05, 3.63) is 34.9 Å². The number of nitrogens with zero attached hydrogens (tertiary/aromatic N) is 1. The molecule has 0 fully saturated rings. The predicted molar refractivity (Wildman–Crippen MR) is 77.6 cm³/mol. The van der Waals surface area contributed by atoms with E-state index in [4.69, 9.17) is 0 Å². The van der Waals surface area contributed by atoms with Gasteiger partial charge < -0.3 is 0 Å². The van der Waals surface area contributed by atoms with Crippen LogP contribution in [-0.4, -0.2) is 16.1 Å². The summed E-state index contributed by atoms with van der Waals surface area (Å²) in [6.45, 7) is 6.41. The SMILES string of the molecule is CN(SC(C)(C)C)C1CCc2cc(C(F)(F)F)ccc21. The quantitative estimate of drug-likeness (QED) is 0.702. The third kappa shape index (κ3) is 3.50. The third-order valence-electron chi connectivity index (χ3n) is 3.37. The van der Waals surface area contributed by atoms with Gasteiger partial charge in [0.2, 0.25) is 0 Å². The lowest BCUT2D eigenvalue weighted by atomic mass is 10.0. The zero-order chi connectivity index (χ0) is 15.1. The van der Waals surface area contributed by atoms with Gasteiger partial charge in [-0.25, -0.2) is 4.31 Å². The molecule has 0 aromatic heterocycles. The Labute approximate surface area is 122 Å². The van der Waals surface area contributed by atoms with E-state index in [-0.39, 0.29) is 10.8 Å². The second-order valence-corrected chi connectivity index (χ2v) is 8.20. The molecule has 112 valence electrons. The van der Waals surface area contributed by atoms with Crippen LogP contribution in [0.2, 0.25) is 0 Å². The first-order valence-electron chi connectivity index (χ1n) is 6.70. The predicted octanol–water partition coefficient (Wildman–Crippen LogP) is 5.07. The maximum Gasteiger partial charge on any atom is 0.416 e. The Balaban J connectivity index is 2.22. The van der Waals surface area contributed by atoms with Crippen molar-refractivity contribution >= 4 is 11.9 Å². The van der Waals surface area contributed by atoms with Crippen LogP contribution in [0.3, 0.4) is 0 Å². The Morgan fingerprint density at radius 3 is 2.40 bits per heavy atom. The number of halogens is 3. The molecule has 1 atom stereocenters. The minimum Gasteiger partial charge on any atom is -0.246 e. The van der Waals surface area contributed by atoms with Crippen LogP contribution in [0.4, 0.5) is 13.2 Å². The van der Waals surface area contributed by atoms with Crippen molar-refractivity contribution in [2.24, 2.45) is 0 Å². The van der Waals surface area contributed by atoms with Crippen molar-refractivity contribution in [1.29, 1.82) is 0 Å². The zero-order valence-corrected chi connectivity index (χ0v) is 13.0. The lowest BCUT2D eigenvalue weighted by Crippen LogP contribution is -2.23. The smallest absolute Gasteiger partial charge is 0.246 e. The number of hydrogen-bond donors (Lipinski definition) is 0. The van der Waals surface area contributed by atoms with Gasteiger partial charge in [-0.1, -0.05) is 18.0 Å².